The summed E-state index contributed by atoms with van der Waals surface area (Å²) in [5.74, 6) is -0.0298. The van der Waals surface area contributed by atoms with E-state index >= 15 is 0 Å². The minimum Gasteiger partial charge on any atom is -0.395 e. The van der Waals surface area contributed by atoms with Gasteiger partial charge in [-0.3, -0.25) is 4.79 Å². The highest BCUT2D eigenvalue weighted by atomic mass is 16.5. The molecule has 1 aromatic heterocycles. The van der Waals surface area contributed by atoms with Crippen LogP contribution in [-0.2, 0) is 16.0 Å². The van der Waals surface area contributed by atoms with Gasteiger partial charge in [-0.25, -0.2) is 0 Å². The zero-order valence-electron chi connectivity index (χ0n) is 9.98. The number of likely N-dealkylation sites (N-methyl/N-ethyl adjacent to an activating group) is 1. The third-order valence-electron chi connectivity index (χ3n) is 3.24. The van der Waals surface area contributed by atoms with Gasteiger partial charge in [-0.2, -0.15) is 0 Å². The van der Waals surface area contributed by atoms with Crippen LogP contribution in [0.25, 0.3) is 0 Å². The second-order valence-corrected chi connectivity index (χ2v) is 4.60. The molecule has 5 nitrogen and oxygen atoms in total. The molecule has 1 aliphatic rings. The molecule has 94 valence electrons. The predicted molar refractivity (Wildman–Crippen MR) is 62.5 cm³/mol. The van der Waals surface area contributed by atoms with Gasteiger partial charge in [0.25, 0.3) is 0 Å². The number of rotatable bonds is 5. The summed E-state index contributed by atoms with van der Waals surface area (Å²) in [7, 11) is 1.76. The summed E-state index contributed by atoms with van der Waals surface area (Å²) in [6.45, 7) is 1.16. The molecular formula is C12H18N2O3. The van der Waals surface area contributed by atoms with E-state index < -0.39 is 5.41 Å². The van der Waals surface area contributed by atoms with Crippen LogP contribution in [-0.4, -0.2) is 54.3 Å². The van der Waals surface area contributed by atoms with Gasteiger partial charge in [-0.1, -0.05) is 0 Å². The number of nitrogens with zero attached hydrogens (tertiary/aromatic N) is 1. The van der Waals surface area contributed by atoms with Crippen LogP contribution in [0.2, 0.25) is 0 Å². The lowest BCUT2D eigenvalue weighted by Gasteiger charge is -2.40. The van der Waals surface area contributed by atoms with Crippen molar-refractivity contribution in [2.24, 2.45) is 5.41 Å². The minimum atomic E-state index is -0.690. The van der Waals surface area contributed by atoms with Gasteiger partial charge in [0.05, 0.1) is 19.8 Å². The lowest BCUT2D eigenvalue weighted by atomic mass is 9.85. The number of amides is 1. The summed E-state index contributed by atoms with van der Waals surface area (Å²) in [6.07, 6.45) is 2.66. The zero-order chi connectivity index (χ0) is 12.3. The molecule has 1 amide bonds. The van der Waals surface area contributed by atoms with Gasteiger partial charge in [0.1, 0.15) is 5.41 Å². The molecule has 0 atom stereocenters. The molecule has 0 spiro atoms. The highest BCUT2D eigenvalue weighted by Crippen LogP contribution is 2.28. The number of aromatic amines is 1. The summed E-state index contributed by atoms with van der Waals surface area (Å²) in [6, 6.07) is 3.93. The van der Waals surface area contributed by atoms with Gasteiger partial charge in [-0.05, 0) is 12.1 Å². The molecule has 1 saturated heterocycles. The normalized spacial score (nSPS) is 17.5. The van der Waals surface area contributed by atoms with Crippen LogP contribution in [0, 0.1) is 5.41 Å². The van der Waals surface area contributed by atoms with Crippen LogP contribution in [0.1, 0.15) is 5.69 Å². The van der Waals surface area contributed by atoms with Crippen molar-refractivity contribution in [2.75, 3.05) is 33.4 Å². The number of carbonyl (C=O) groups is 1. The smallest absolute Gasteiger partial charge is 0.235 e. The van der Waals surface area contributed by atoms with Crippen LogP contribution in [0.15, 0.2) is 18.3 Å². The SMILES string of the molecule is CN(CCc1ccc[nH]1)C(=O)C1(CO)COC1. The van der Waals surface area contributed by atoms with Crippen LogP contribution < -0.4 is 0 Å². The maximum Gasteiger partial charge on any atom is 0.235 e. The zero-order valence-corrected chi connectivity index (χ0v) is 9.98. The molecule has 17 heavy (non-hydrogen) atoms. The Morgan fingerprint density at radius 3 is 2.88 bits per heavy atom. The highest BCUT2D eigenvalue weighted by molar-refractivity contribution is 5.83. The number of carbonyl (C=O) groups excluding carboxylic acids is 1. The molecule has 2 heterocycles. The summed E-state index contributed by atoms with van der Waals surface area (Å²) >= 11 is 0. The van der Waals surface area contributed by atoms with E-state index in [0.29, 0.717) is 19.8 Å². The first-order chi connectivity index (χ1) is 8.18. The fraction of sp³-hybridized carbons (Fsp3) is 0.583. The average molecular weight is 238 g/mol. The Balaban J connectivity index is 1.87. The number of hydrogen-bond acceptors (Lipinski definition) is 3. The molecular weight excluding hydrogens is 220 g/mol. The van der Waals surface area contributed by atoms with Gasteiger partial charge >= 0.3 is 0 Å². The van der Waals surface area contributed by atoms with Gasteiger partial charge in [0.15, 0.2) is 0 Å². The van der Waals surface area contributed by atoms with E-state index in [4.69, 9.17) is 4.74 Å². The van der Waals surface area contributed by atoms with E-state index in [1.807, 2.05) is 18.3 Å². The van der Waals surface area contributed by atoms with Crippen molar-refractivity contribution >= 4 is 5.91 Å². The summed E-state index contributed by atoms with van der Waals surface area (Å²) in [4.78, 5) is 16.9. The van der Waals surface area contributed by atoms with Crippen molar-refractivity contribution in [3.8, 4) is 0 Å². The summed E-state index contributed by atoms with van der Waals surface area (Å²) < 4.78 is 5.04. The largest absolute Gasteiger partial charge is 0.395 e. The quantitative estimate of drug-likeness (QED) is 0.760. The van der Waals surface area contributed by atoms with Gasteiger partial charge < -0.3 is 19.7 Å². The van der Waals surface area contributed by atoms with E-state index in [9.17, 15) is 9.90 Å². The first kappa shape index (κ1) is 12.1. The molecule has 0 aliphatic carbocycles. The Morgan fingerprint density at radius 1 is 1.65 bits per heavy atom. The monoisotopic (exact) mass is 238 g/mol. The maximum atomic E-state index is 12.1. The van der Waals surface area contributed by atoms with E-state index in [-0.39, 0.29) is 12.5 Å². The fourth-order valence-electron chi connectivity index (χ4n) is 1.95. The second-order valence-electron chi connectivity index (χ2n) is 4.60. The Bertz CT molecular complexity index is 366. The van der Waals surface area contributed by atoms with Crippen molar-refractivity contribution in [2.45, 2.75) is 6.42 Å². The molecule has 1 aliphatic heterocycles. The number of ether oxygens (including phenoxy) is 1. The van der Waals surface area contributed by atoms with E-state index in [2.05, 4.69) is 4.98 Å². The lowest BCUT2D eigenvalue weighted by Crippen LogP contribution is -2.56. The molecule has 5 heteroatoms. The van der Waals surface area contributed by atoms with Crippen LogP contribution in [0.5, 0.6) is 0 Å². The van der Waals surface area contributed by atoms with Gasteiger partial charge in [0, 0.05) is 31.9 Å². The number of aliphatic hydroxyl groups is 1. The van der Waals surface area contributed by atoms with Gasteiger partial charge in [0.2, 0.25) is 5.91 Å². The first-order valence-corrected chi connectivity index (χ1v) is 5.74. The van der Waals surface area contributed by atoms with E-state index in [0.717, 1.165) is 12.1 Å². The lowest BCUT2D eigenvalue weighted by molar-refractivity contribution is -0.179. The Hall–Kier alpha value is -1.33. The number of aliphatic hydroxyl groups excluding tert-OH is 1. The number of nitrogens with one attached hydrogen (secondary N) is 1. The topological polar surface area (TPSA) is 65.6 Å². The summed E-state index contributed by atoms with van der Waals surface area (Å²) in [5, 5.41) is 9.27. The molecule has 0 saturated carbocycles. The van der Waals surface area contributed by atoms with Crippen LogP contribution in [0.4, 0.5) is 0 Å². The van der Waals surface area contributed by atoms with Crippen LogP contribution in [0.3, 0.4) is 0 Å². The third kappa shape index (κ3) is 2.35. The van der Waals surface area contributed by atoms with Crippen LogP contribution >= 0.6 is 0 Å². The maximum absolute atomic E-state index is 12.1. The molecule has 0 aromatic carbocycles. The predicted octanol–water partition coefficient (Wildman–Crippen LogP) is 0.0245. The molecule has 0 bridgehead atoms. The molecule has 1 fully saturated rings. The Kier molecular flexibility index (Phi) is 3.49. The van der Waals surface area contributed by atoms with Crippen molar-refractivity contribution in [3.63, 3.8) is 0 Å². The number of hydrogen-bond donors (Lipinski definition) is 2. The number of aromatic nitrogens is 1. The first-order valence-electron chi connectivity index (χ1n) is 5.74. The molecule has 1 aromatic rings. The van der Waals surface area contributed by atoms with Crippen molar-refractivity contribution in [3.05, 3.63) is 24.0 Å². The standard InChI is InChI=1S/C12H18N2O3/c1-14(6-4-10-3-2-5-13-10)11(16)12(7-15)8-17-9-12/h2-3,5,13,15H,4,6-9H2,1H3. The molecule has 2 N–H and O–H groups in total. The third-order valence-corrected chi connectivity index (χ3v) is 3.24. The Labute approximate surface area is 100 Å². The molecule has 0 unspecified atom stereocenters. The van der Waals surface area contributed by atoms with Crippen molar-refractivity contribution in [1.29, 1.82) is 0 Å². The summed E-state index contributed by atoms with van der Waals surface area (Å²) in [5.41, 5.74) is 0.414. The molecule has 2 rings (SSSR count). The fourth-order valence-corrected chi connectivity index (χ4v) is 1.95. The van der Waals surface area contributed by atoms with Crippen molar-refractivity contribution in [1.82, 2.24) is 9.88 Å². The van der Waals surface area contributed by atoms with E-state index in [1.54, 1.807) is 11.9 Å². The Morgan fingerprint density at radius 2 is 2.41 bits per heavy atom. The second kappa shape index (κ2) is 4.89. The van der Waals surface area contributed by atoms with Crippen molar-refractivity contribution < 1.29 is 14.6 Å². The van der Waals surface area contributed by atoms with Gasteiger partial charge in [-0.15, -0.1) is 0 Å². The average Bonchev–Trinajstić information content (AvgIpc) is 2.77. The molecule has 0 radical (unpaired) electrons. The number of H-pyrrole nitrogens is 1. The minimum absolute atomic E-state index is 0.0298. The highest BCUT2D eigenvalue weighted by Gasteiger charge is 2.46. The van der Waals surface area contributed by atoms with E-state index in [1.165, 1.54) is 0 Å².